The number of anilines is 1. The monoisotopic (exact) mass is 287 g/mol. The van der Waals surface area contributed by atoms with Crippen molar-refractivity contribution in [2.75, 3.05) is 25.7 Å². The number of H-pyrrole nitrogens is 1. The molecule has 0 bridgehead atoms. The first kappa shape index (κ1) is 12.5. The standard InChI is InChI=1S/C15H17N3O3/c16-15-13(9-3-4-11-12(6-9)21-8-20-11)14(17-18-15)10-2-1-5-19-7-10/h3-4,6,10H,1-2,5,7-8H2,(H3,16,17,18). The van der Waals surface area contributed by atoms with Gasteiger partial charge in [-0.2, -0.15) is 5.10 Å². The summed E-state index contributed by atoms with van der Waals surface area (Å²) in [5, 5.41) is 7.27. The Bertz CT molecular complexity index is 662. The molecule has 2 aliphatic heterocycles. The molecule has 3 N–H and O–H groups in total. The van der Waals surface area contributed by atoms with E-state index in [1.807, 2.05) is 18.2 Å². The highest BCUT2D eigenvalue weighted by atomic mass is 16.7. The van der Waals surface area contributed by atoms with Crippen LogP contribution in [0, 0.1) is 0 Å². The van der Waals surface area contributed by atoms with Crippen LogP contribution < -0.4 is 15.2 Å². The number of aromatic amines is 1. The minimum atomic E-state index is 0.267. The van der Waals surface area contributed by atoms with Crippen LogP contribution in [0.25, 0.3) is 11.1 Å². The minimum Gasteiger partial charge on any atom is -0.454 e. The molecule has 2 aromatic rings. The number of benzene rings is 1. The van der Waals surface area contributed by atoms with E-state index in [9.17, 15) is 0 Å². The molecule has 1 aromatic carbocycles. The SMILES string of the molecule is Nc1n[nH]c(C2CCCOC2)c1-c1ccc2c(c1)OCO2. The molecule has 0 spiro atoms. The van der Waals surface area contributed by atoms with Gasteiger partial charge in [-0.3, -0.25) is 5.10 Å². The van der Waals surface area contributed by atoms with Gasteiger partial charge < -0.3 is 19.9 Å². The summed E-state index contributed by atoms with van der Waals surface area (Å²) < 4.78 is 16.4. The fourth-order valence-electron chi connectivity index (χ4n) is 2.99. The van der Waals surface area contributed by atoms with Gasteiger partial charge in [-0.05, 0) is 30.5 Å². The van der Waals surface area contributed by atoms with Crippen molar-refractivity contribution in [3.63, 3.8) is 0 Å². The van der Waals surface area contributed by atoms with Gasteiger partial charge in [-0.15, -0.1) is 0 Å². The average molecular weight is 287 g/mol. The molecule has 1 atom stereocenters. The van der Waals surface area contributed by atoms with Crippen LogP contribution in [0.2, 0.25) is 0 Å². The molecule has 1 aromatic heterocycles. The van der Waals surface area contributed by atoms with E-state index in [1.165, 1.54) is 0 Å². The largest absolute Gasteiger partial charge is 0.454 e. The van der Waals surface area contributed by atoms with Crippen molar-refractivity contribution in [1.29, 1.82) is 0 Å². The van der Waals surface area contributed by atoms with Gasteiger partial charge in [-0.25, -0.2) is 0 Å². The molecule has 1 saturated heterocycles. The zero-order valence-electron chi connectivity index (χ0n) is 11.6. The summed E-state index contributed by atoms with van der Waals surface area (Å²) in [7, 11) is 0. The first-order chi connectivity index (χ1) is 10.3. The van der Waals surface area contributed by atoms with Crippen LogP contribution in [0.5, 0.6) is 11.5 Å². The number of ether oxygens (including phenoxy) is 3. The maximum absolute atomic E-state index is 6.07. The lowest BCUT2D eigenvalue weighted by atomic mass is 9.92. The van der Waals surface area contributed by atoms with E-state index in [2.05, 4.69) is 10.2 Å². The van der Waals surface area contributed by atoms with Crippen molar-refractivity contribution in [2.24, 2.45) is 0 Å². The number of nitrogens with two attached hydrogens (primary N) is 1. The molecule has 0 amide bonds. The zero-order valence-corrected chi connectivity index (χ0v) is 11.6. The lowest BCUT2D eigenvalue weighted by Gasteiger charge is -2.22. The molecule has 4 rings (SSSR count). The van der Waals surface area contributed by atoms with Gasteiger partial charge in [0.05, 0.1) is 12.3 Å². The Hall–Kier alpha value is -2.21. The fourth-order valence-corrected chi connectivity index (χ4v) is 2.99. The van der Waals surface area contributed by atoms with Crippen LogP contribution >= 0.6 is 0 Å². The van der Waals surface area contributed by atoms with Crippen molar-refractivity contribution >= 4 is 5.82 Å². The number of rotatable bonds is 2. The van der Waals surface area contributed by atoms with Crippen LogP contribution in [-0.2, 0) is 4.74 Å². The van der Waals surface area contributed by atoms with Crippen molar-refractivity contribution in [2.45, 2.75) is 18.8 Å². The van der Waals surface area contributed by atoms with Crippen LogP contribution in [0.1, 0.15) is 24.5 Å². The van der Waals surface area contributed by atoms with Gasteiger partial charge in [0.15, 0.2) is 17.3 Å². The van der Waals surface area contributed by atoms with E-state index in [0.717, 1.165) is 47.8 Å². The zero-order chi connectivity index (χ0) is 14.2. The van der Waals surface area contributed by atoms with Gasteiger partial charge in [0.2, 0.25) is 6.79 Å². The second kappa shape index (κ2) is 4.96. The second-order valence-electron chi connectivity index (χ2n) is 5.38. The summed E-state index contributed by atoms with van der Waals surface area (Å²) in [5.74, 6) is 2.33. The summed E-state index contributed by atoms with van der Waals surface area (Å²) in [5.41, 5.74) is 9.06. The van der Waals surface area contributed by atoms with Crippen LogP contribution in [0.4, 0.5) is 5.82 Å². The summed E-state index contributed by atoms with van der Waals surface area (Å²) in [6.45, 7) is 1.81. The number of fused-ring (bicyclic) bond motifs is 1. The van der Waals surface area contributed by atoms with E-state index in [-0.39, 0.29) is 6.79 Å². The number of nitrogens with one attached hydrogen (secondary N) is 1. The number of hydrogen-bond acceptors (Lipinski definition) is 5. The van der Waals surface area contributed by atoms with E-state index < -0.39 is 0 Å². The molecule has 6 nitrogen and oxygen atoms in total. The average Bonchev–Trinajstić information content (AvgIpc) is 3.13. The first-order valence-corrected chi connectivity index (χ1v) is 7.14. The quantitative estimate of drug-likeness (QED) is 0.885. The maximum Gasteiger partial charge on any atom is 0.231 e. The van der Waals surface area contributed by atoms with Crippen molar-refractivity contribution in [3.05, 3.63) is 23.9 Å². The van der Waals surface area contributed by atoms with E-state index in [4.69, 9.17) is 19.9 Å². The van der Waals surface area contributed by atoms with Gasteiger partial charge in [-0.1, -0.05) is 6.07 Å². The Kier molecular flexibility index (Phi) is 2.96. The molecule has 0 radical (unpaired) electrons. The third kappa shape index (κ3) is 2.12. The maximum atomic E-state index is 6.07. The Balaban J connectivity index is 1.75. The third-order valence-electron chi connectivity index (χ3n) is 4.05. The molecule has 1 unspecified atom stereocenters. The highest BCUT2D eigenvalue weighted by Crippen LogP contribution is 2.40. The van der Waals surface area contributed by atoms with E-state index in [1.54, 1.807) is 0 Å². The fraction of sp³-hybridized carbons (Fsp3) is 0.400. The summed E-state index contributed by atoms with van der Waals surface area (Å²) in [6, 6.07) is 5.85. The van der Waals surface area contributed by atoms with Crippen molar-refractivity contribution < 1.29 is 14.2 Å². The van der Waals surface area contributed by atoms with E-state index in [0.29, 0.717) is 18.3 Å². The Morgan fingerprint density at radius 3 is 3.00 bits per heavy atom. The normalized spacial score (nSPS) is 20.7. The molecule has 0 aliphatic carbocycles. The second-order valence-corrected chi connectivity index (χ2v) is 5.38. The number of hydrogen-bond donors (Lipinski definition) is 2. The summed E-state index contributed by atoms with van der Waals surface area (Å²) in [4.78, 5) is 0. The highest BCUT2D eigenvalue weighted by Gasteiger charge is 2.25. The van der Waals surface area contributed by atoms with Crippen LogP contribution in [-0.4, -0.2) is 30.2 Å². The van der Waals surface area contributed by atoms with Crippen molar-refractivity contribution in [3.8, 4) is 22.6 Å². The van der Waals surface area contributed by atoms with Crippen molar-refractivity contribution in [1.82, 2.24) is 10.2 Å². The summed E-state index contributed by atoms with van der Waals surface area (Å²) >= 11 is 0. The first-order valence-electron chi connectivity index (χ1n) is 7.14. The molecule has 2 aliphatic rings. The topological polar surface area (TPSA) is 82.4 Å². The van der Waals surface area contributed by atoms with Crippen LogP contribution in [0.3, 0.4) is 0 Å². The Labute approximate surface area is 122 Å². The molecular formula is C15H17N3O3. The minimum absolute atomic E-state index is 0.267. The molecular weight excluding hydrogens is 270 g/mol. The molecule has 3 heterocycles. The lowest BCUT2D eigenvalue weighted by molar-refractivity contribution is 0.0794. The Morgan fingerprint density at radius 2 is 2.14 bits per heavy atom. The smallest absolute Gasteiger partial charge is 0.231 e. The highest BCUT2D eigenvalue weighted by molar-refractivity contribution is 5.78. The predicted molar refractivity (Wildman–Crippen MR) is 77.4 cm³/mol. The number of nitrogen functional groups attached to an aromatic ring is 1. The number of aromatic nitrogens is 2. The van der Waals surface area contributed by atoms with E-state index >= 15 is 0 Å². The van der Waals surface area contributed by atoms with Gasteiger partial charge in [0.1, 0.15) is 0 Å². The molecule has 6 heteroatoms. The lowest BCUT2D eigenvalue weighted by Crippen LogP contribution is -2.16. The van der Waals surface area contributed by atoms with Gasteiger partial charge in [0, 0.05) is 18.1 Å². The molecule has 110 valence electrons. The Morgan fingerprint density at radius 1 is 1.24 bits per heavy atom. The third-order valence-corrected chi connectivity index (χ3v) is 4.05. The molecule has 1 fully saturated rings. The van der Waals surface area contributed by atoms with Gasteiger partial charge >= 0.3 is 0 Å². The molecule has 0 saturated carbocycles. The summed E-state index contributed by atoms with van der Waals surface area (Å²) in [6.07, 6.45) is 2.14. The van der Waals surface area contributed by atoms with Gasteiger partial charge in [0.25, 0.3) is 0 Å². The number of nitrogens with zero attached hydrogens (tertiary/aromatic N) is 1. The predicted octanol–water partition coefficient (Wildman–Crippen LogP) is 2.28. The molecule has 21 heavy (non-hydrogen) atoms. The van der Waals surface area contributed by atoms with Crippen LogP contribution in [0.15, 0.2) is 18.2 Å².